The Morgan fingerprint density at radius 2 is 1.90 bits per heavy atom. The Balaban J connectivity index is 2.26. The molecule has 0 radical (unpaired) electrons. The number of rotatable bonds is 2. The molecule has 0 spiro atoms. The van der Waals surface area contributed by atoms with E-state index in [0.717, 1.165) is 6.07 Å². The highest BCUT2D eigenvalue weighted by atomic mass is 79.9. The summed E-state index contributed by atoms with van der Waals surface area (Å²) in [5.74, 6) is -1.50. The third kappa shape index (κ3) is 2.96. The van der Waals surface area contributed by atoms with Crippen LogP contribution in [0.25, 0.3) is 0 Å². The lowest BCUT2D eigenvalue weighted by atomic mass is 10.1. The molecule has 2 rings (SSSR count). The molecule has 0 saturated carbocycles. The third-order valence-electron chi connectivity index (χ3n) is 2.82. The number of nitrogens with two attached hydrogens (primary N) is 1. The fraction of sp³-hybridized carbons (Fsp3) is 0.0714. The highest BCUT2D eigenvalue weighted by molar-refractivity contribution is 9.10. The van der Waals surface area contributed by atoms with Gasteiger partial charge < -0.3 is 11.1 Å². The number of amides is 1. The molecule has 0 bridgehead atoms. The number of halogens is 3. The summed E-state index contributed by atoms with van der Waals surface area (Å²) in [6, 6.07) is 6.54. The van der Waals surface area contributed by atoms with Gasteiger partial charge >= 0.3 is 0 Å². The molecule has 0 aliphatic rings. The summed E-state index contributed by atoms with van der Waals surface area (Å²) < 4.78 is 26.8. The van der Waals surface area contributed by atoms with E-state index >= 15 is 0 Å². The Morgan fingerprint density at radius 3 is 2.50 bits per heavy atom. The molecule has 3 N–H and O–H groups in total. The average Bonchev–Trinajstić information content (AvgIpc) is 2.39. The first-order valence-electron chi connectivity index (χ1n) is 5.70. The summed E-state index contributed by atoms with van der Waals surface area (Å²) in [4.78, 5) is 12.0. The quantitative estimate of drug-likeness (QED) is 0.815. The number of carbonyl (C=O) groups excluding carboxylic acids is 1. The first-order valence-corrected chi connectivity index (χ1v) is 6.50. The van der Waals surface area contributed by atoms with Crippen LogP contribution in [0.5, 0.6) is 0 Å². The average molecular weight is 341 g/mol. The lowest BCUT2D eigenvalue weighted by Gasteiger charge is -2.08. The maximum Gasteiger partial charge on any atom is 0.255 e. The maximum absolute atomic E-state index is 13.5. The van der Waals surface area contributed by atoms with Gasteiger partial charge in [-0.2, -0.15) is 0 Å². The third-order valence-corrected chi connectivity index (χ3v) is 3.43. The molecule has 0 aliphatic carbocycles. The van der Waals surface area contributed by atoms with Gasteiger partial charge in [-0.1, -0.05) is 0 Å². The number of carbonyl (C=O) groups is 1. The van der Waals surface area contributed by atoms with Crippen LogP contribution in [0.15, 0.2) is 34.8 Å². The summed E-state index contributed by atoms with van der Waals surface area (Å²) in [6.07, 6.45) is 0. The van der Waals surface area contributed by atoms with Crippen molar-refractivity contribution >= 4 is 33.2 Å². The number of nitrogen functional groups attached to an aromatic ring is 1. The van der Waals surface area contributed by atoms with Crippen LogP contribution in [0.2, 0.25) is 0 Å². The van der Waals surface area contributed by atoms with Gasteiger partial charge in [0.25, 0.3) is 5.91 Å². The fourth-order valence-electron chi connectivity index (χ4n) is 1.61. The van der Waals surface area contributed by atoms with Gasteiger partial charge in [0.1, 0.15) is 11.6 Å². The molecule has 1 amide bonds. The van der Waals surface area contributed by atoms with Crippen molar-refractivity contribution in [2.75, 3.05) is 11.1 Å². The lowest BCUT2D eigenvalue weighted by molar-refractivity contribution is 0.102. The molecule has 104 valence electrons. The fourth-order valence-corrected chi connectivity index (χ4v) is 1.99. The van der Waals surface area contributed by atoms with Gasteiger partial charge in [0.05, 0.1) is 4.47 Å². The topological polar surface area (TPSA) is 55.1 Å². The van der Waals surface area contributed by atoms with E-state index in [1.54, 1.807) is 0 Å². The molecule has 20 heavy (non-hydrogen) atoms. The van der Waals surface area contributed by atoms with Crippen LogP contribution in [-0.2, 0) is 0 Å². The second-order valence-corrected chi connectivity index (χ2v) is 5.11. The van der Waals surface area contributed by atoms with E-state index in [-0.39, 0.29) is 15.7 Å². The molecule has 2 aromatic rings. The molecule has 0 heterocycles. The second kappa shape index (κ2) is 5.58. The van der Waals surface area contributed by atoms with Gasteiger partial charge in [0.15, 0.2) is 0 Å². The minimum atomic E-state index is -0.546. The number of hydrogen-bond acceptors (Lipinski definition) is 2. The van der Waals surface area contributed by atoms with Crippen molar-refractivity contribution in [3.05, 3.63) is 57.6 Å². The van der Waals surface area contributed by atoms with Crippen molar-refractivity contribution in [1.82, 2.24) is 0 Å². The van der Waals surface area contributed by atoms with E-state index in [0.29, 0.717) is 11.3 Å². The largest absolute Gasteiger partial charge is 0.398 e. The molecule has 0 aliphatic heterocycles. The van der Waals surface area contributed by atoms with Crippen LogP contribution in [-0.4, -0.2) is 5.91 Å². The van der Waals surface area contributed by atoms with E-state index < -0.39 is 17.5 Å². The molecule has 0 fully saturated rings. The Hall–Kier alpha value is -1.95. The highest BCUT2D eigenvalue weighted by Gasteiger charge is 2.12. The Morgan fingerprint density at radius 1 is 1.20 bits per heavy atom. The predicted molar refractivity (Wildman–Crippen MR) is 77.6 cm³/mol. The summed E-state index contributed by atoms with van der Waals surface area (Å²) >= 11 is 3.02. The molecule has 0 atom stereocenters. The van der Waals surface area contributed by atoms with Crippen LogP contribution in [0, 0.1) is 18.6 Å². The van der Waals surface area contributed by atoms with Gasteiger partial charge in [0.2, 0.25) is 0 Å². The van der Waals surface area contributed by atoms with E-state index in [4.69, 9.17) is 5.73 Å². The molecule has 3 nitrogen and oxygen atoms in total. The maximum atomic E-state index is 13.5. The van der Waals surface area contributed by atoms with Crippen LogP contribution in [0.1, 0.15) is 15.9 Å². The van der Waals surface area contributed by atoms with Gasteiger partial charge in [0, 0.05) is 22.5 Å². The SMILES string of the molecule is Cc1c(N)cc(C(=O)Nc2ccc(F)c(Br)c2)cc1F. The Bertz CT molecular complexity index is 666. The van der Waals surface area contributed by atoms with Crippen LogP contribution in [0.4, 0.5) is 20.2 Å². The molecule has 0 aromatic heterocycles. The van der Waals surface area contributed by atoms with Gasteiger partial charge in [-0.05, 0) is 53.2 Å². The first-order chi connectivity index (χ1) is 9.38. The first kappa shape index (κ1) is 14.5. The predicted octanol–water partition coefficient (Wildman–Crippen LogP) is 3.87. The monoisotopic (exact) mass is 340 g/mol. The molecular formula is C14H11BrF2N2O. The summed E-state index contributed by atoms with van der Waals surface area (Å²) in [6.45, 7) is 1.53. The van der Waals surface area contributed by atoms with E-state index in [9.17, 15) is 13.6 Å². The standard InChI is InChI=1S/C14H11BrF2N2O/c1-7-12(17)4-8(5-13(7)18)14(20)19-9-2-3-11(16)10(15)6-9/h2-6H,18H2,1H3,(H,19,20). The molecule has 2 aromatic carbocycles. The van der Waals surface area contributed by atoms with E-state index in [1.165, 1.54) is 31.2 Å². The van der Waals surface area contributed by atoms with E-state index in [1.807, 2.05) is 0 Å². The lowest BCUT2D eigenvalue weighted by Crippen LogP contribution is -2.13. The van der Waals surface area contributed by atoms with Gasteiger partial charge in [-0.15, -0.1) is 0 Å². The minimum Gasteiger partial charge on any atom is -0.398 e. The van der Waals surface area contributed by atoms with Crippen LogP contribution < -0.4 is 11.1 Å². The molecular weight excluding hydrogens is 330 g/mol. The zero-order valence-corrected chi connectivity index (χ0v) is 12.1. The number of benzene rings is 2. The Labute approximate surface area is 122 Å². The van der Waals surface area contributed by atoms with Crippen molar-refractivity contribution < 1.29 is 13.6 Å². The van der Waals surface area contributed by atoms with Crippen LogP contribution in [0.3, 0.4) is 0 Å². The van der Waals surface area contributed by atoms with Crippen molar-refractivity contribution in [2.45, 2.75) is 6.92 Å². The number of anilines is 2. The number of nitrogens with one attached hydrogen (secondary N) is 1. The highest BCUT2D eigenvalue weighted by Crippen LogP contribution is 2.22. The zero-order valence-electron chi connectivity index (χ0n) is 10.5. The van der Waals surface area contributed by atoms with Gasteiger partial charge in [-0.3, -0.25) is 4.79 Å². The van der Waals surface area contributed by atoms with Crippen molar-refractivity contribution in [3.63, 3.8) is 0 Å². The molecule has 6 heteroatoms. The van der Waals surface area contributed by atoms with Crippen molar-refractivity contribution in [1.29, 1.82) is 0 Å². The van der Waals surface area contributed by atoms with E-state index in [2.05, 4.69) is 21.2 Å². The number of hydrogen-bond donors (Lipinski definition) is 2. The van der Waals surface area contributed by atoms with Crippen LogP contribution >= 0.6 is 15.9 Å². The molecule has 0 unspecified atom stereocenters. The summed E-state index contributed by atoms with van der Waals surface area (Å²) in [7, 11) is 0. The Kier molecular flexibility index (Phi) is 4.04. The normalized spacial score (nSPS) is 10.4. The zero-order chi connectivity index (χ0) is 14.9. The molecule has 0 saturated heterocycles. The van der Waals surface area contributed by atoms with Gasteiger partial charge in [-0.25, -0.2) is 8.78 Å². The minimum absolute atomic E-state index is 0.103. The van der Waals surface area contributed by atoms with Crippen molar-refractivity contribution in [2.24, 2.45) is 0 Å². The smallest absolute Gasteiger partial charge is 0.255 e. The second-order valence-electron chi connectivity index (χ2n) is 4.26. The summed E-state index contributed by atoms with van der Waals surface area (Å²) in [5.41, 5.74) is 6.62. The van der Waals surface area contributed by atoms with Crippen molar-refractivity contribution in [3.8, 4) is 0 Å². The summed E-state index contributed by atoms with van der Waals surface area (Å²) in [5, 5.41) is 2.54.